The van der Waals surface area contributed by atoms with Gasteiger partial charge in [-0.1, -0.05) is 19.8 Å². The van der Waals surface area contributed by atoms with Gasteiger partial charge in [-0.05, 0) is 51.1 Å². The molecule has 1 heteroatoms. The minimum absolute atomic E-state index is 0.974. The van der Waals surface area contributed by atoms with Crippen molar-refractivity contribution in [2.24, 2.45) is 5.92 Å². The van der Waals surface area contributed by atoms with Crippen LogP contribution in [0.1, 0.15) is 51.9 Å². The molecule has 0 radical (unpaired) electrons. The minimum Gasteiger partial charge on any atom is -0.300 e. The molecule has 1 atom stereocenters. The van der Waals surface area contributed by atoms with Gasteiger partial charge < -0.3 is 4.90 Å². The summed E-state index contributed by atoms with van der Waals surface area (Å²) < 4.78 is 0. The highest BCUT2D eigenvalue weighted by molar-refractivity contribution is 4.89. The van der Waals surface area contributed by atoms with Gasteiger partial charge in [-0.25, -0.2) is 0 Å². The summed E-state index contributed by atoms with van der Waals surface area (Å²) >= 11 is 0. The predicted molar refractivity (Wildman–Crippen MR) is 56.8 cm³/mol. The topological polar surface area (TPSA) is 3.24 Å². The molecule has 0 bridgehead atoms. The van der Waals surface area contributed by atoms with Crippen LogP contribution in [0, 0.1) is 5.92 Å². The van der Waals surface area contributed by atoms with Crippen LogP contribution in [0.25, 0.3) is 0 Å². The molecule has 0 amide bonds. The lowest BCUT2D eigenvalue weighted by Crippen LogP contribution is -2.34. The summed E-state index contributed by atoms with van der Waals surface area (Å²) in [5.74, 6) is 1.09. The molecule has 0 aromatic rings. The van der Waals surface area contributed by atoms with Gasteiger partial charge in [0.25, 0.3) is 0 Å². The highest BCUT2D eigenvalue weighted by Crippen LogP contribution is 2.38. The van der Waals surface area contributed by atoms with E-state index in [1.165, 1.54) is 58.0 Å². The molecule has 1 saturated carbocycles. The van der Waals surface area contributed by atoms with Gasteiger partial charge in [0.15, 0.2) is 0 Å². The number of nitrogens with zero attached hydrogens (tertiary/aromatic N) is 1. The van der Waals surface area contributed by atoms with Crippen molar-refractivity contribution in [2.45, 2.75) is 57.9 Å². The van der Waals surface area contributed by atoms with Crippen molar-refractivity contribution in [3.05, 3.63) is 0 Å². The molecular weight excluding hydrogens is 158 g/mol. The fourth-order valence-corrected chi connectivity index (χ4v) is 2.68. The molecule has 1 aliphatic carbocycles. The van der Waals surface area contributed by atoms with Gasteiger partial charge in [0.2, 0.25) is 0 Å². The third kappa shape index (κ3) is 2.46. The lowest BCUT2D eigenvalue weighted by Gasteiger charge is -2.27. The fourth-order valence-electron chi connectivity index (χ4n) is 2.68. The highest BCUT2D eigenvalue weighted by Gasteiger charge is 2.35. The lowest BCUT2D eigenvalue weighted by atomic mass is 10.0. The van der Waals surface area contributed by atoms with E-state index in [9.17, 15) is 0 Å². The van der Waals surface area contributed by atoms with E-state index in [4.69, 9.17) is 0 Å². The van der Waals surface area contributed by atoms with Gasteiger partial charge in [0, 0.05) is 6.04 Å². The molecule has 2 aliphatic rings. The average Bonchev–Trinajstić information content (AvgIpc) is 2.82. The maximum Gasteiger partial charge on any atom is 0.0123 e. The van der Waals surface area contributed by atoms with Crippen LogP contribution in [0.15, 0.2) is 0 Å². The first kappa shape index (κ1) is 9.51. The van der Waals surface area contributed by atoms with E-state index < -0.39 is 0 Å². The maximum atomic E-state index is 2.77. The number of unbranched alkanes of at least 4 members (excludes halogenated alkanes) is 1. The standard InChI is InChI=1S/C12H23N/c1-2-3-6-12(11-7-8-11)13-9-4-5-10-13/h11-12H,2-10H2,1H3. The summed E-state index contributed by atoms with van der Waals surface area (Å²) in [6, 6.07) is 0.974. The quantitative estimate of drug-likeness (QED) is 0.630. The van der Waals surface area contributed by atoms with Crippen molar-refractivity contribution in [1.29, 1.82) is 0 Å². The minimum atomic E-state index is 0.974. The highest BCUT2D eigenvalue weighted by atomic mass is 15.2. The Hall–Kier alpha value is -0.0400. The van der Waals surface area contributed by atoms with E-state index in [1.807, 2.05) is 0 Å². The summed E-state index contributed by atoms with van der Waals surface area (Å²) in [7, 11) is 0. The van der Waals surface area contributed by atoms with Gasteiger partial charge in [-0.2, -0.15) is 0 Å². The van der Waals surface area contributed by atoms with Crippen LogP contribution in [0.5, 0.6) is 0 Å². The first-order chi connectivity index (χ1) is 6.42. The van der Waals surface area contributed by atoms with Gasteiger partial charge in [-0.3, -0.25) is 0 Å². The van der Waals surface area contributed by atoms with Crippen molar-refractivity contribution in [3.8, 4) is 0 Å². The van der Waals surface area contributed by atoms with Crippen molar-refractivity contribution in [3.63, 3.8) is 0 Å². The Morgan fingerprint density at radius 3 is 2.46 bits per heavy atom. The molecule has 2 fully saturated rings. The normalized spacial score (nSPS) is 26.5. The van der Waals surface area contributed by atoms with Crippen LogP contribution in [-0.4, -0.2) is 24.0 Å². The zero-order valence-corrected chi connectivity index (χ0v) is 8.97. The van der Waals surface area contributed by atoms with Gasteiger partial charge in [-0.15, -0.1) is 0 Å². The van der Waals surface area contributed by atoms with E-state index in [2.05, 4.69) is 11.8 Å². The van der Waals surface area contributed by atoms with Crippen LogP contribution in [0.3, 0.4) is 0 Å². The Morgan fingerprint density at radius 2 is 1.92 bits per heavy atom. The zero-order valence-electron chi connectivity index (χ0n) is 8.97. The Labute approximate surface area is 82.5 Å². The van der Waals surface area contributed by atoms with Crippen LogP contribution < -0.4 is 0 Å². The molecule has 1 saturated heterocycles. The van der Waals surface area contributed by atoms with Crippen LogP contribution in [0.4, 0.5) is 0 Å². The fraction of sp³-hybridized carbons (Fsp3) is 1.00. The lowest BCUT2D eigenvalue weighted by molar-refractivity contribution is 0.203. The third-order valence-corrected chi connectivity index (χ3v) is 3.63. The molecule has 0 aromatic heterocycles. The largest absolute Gasteiger partial charge is 0.300 e. The van der Waals surface area contributed by atoms with E-state index >= 15 is 0 Å². The maximum absolute atomic E-state index is 2.77. The average molecular weight is 181 g/mol. The molecule has 1 unspecified atom stereocenters. The summed E-state index contributed by atoms with van der Waals surface area (Å²) in [6.45, 7) is 5.10. The van der Waals surface area contributed by atoms with Gasteiger partial charge >= 0.3 is 0 Å². The van der Waals surface area contributed by atoms with Crippen molar-refractivity contribution in [2.75, 3.05) is 13.1 Å². The van der Waals surface area contributed by atoms with Crippen molar-refractivity contribution >= 4 is 0 Å². The smallest absolute Gasteiger partial charge is 0.0123 e. The SMILES string of the molecule is CCCCC(C1CC1)N1CCCC1. The number of hydrogen-bond donors (Lipinski definition) is 0. The van der Waals surface area contributed by atoms with Crippen LogP contribution >= 0.6 is 0 Å². The zero-order chi connectivity index (χ0) is 9.10. The molecular formula is C12H23N. The van der Waals surface area contributed by atoms with Crippen LogP contribution in [-0.2, 0) is 0 Å². The molecule has 2 rings (SSSR count). The molecule has 13 heavy (non-hydrogen) atoms. The van der Waals surface area contributed by atoms with Gasteiger partial charge in [0.05, 0.1) is 0 Å². The first-order valence-electron chi connectivity index (χ1n) is 6.16. The van der Waals surface area contributed by atoms with E-state index in [-0.39, 0.29) is 0 Å². The van der Waals surface area contributed by atoms with Crippen LogP contribution in [0.2, 0.25) is 0 Å². The number of likely N-dealkylation sites (tertiary alicyclic amines) is 1. The Balaban J connectivity index is 1.80. The van der Waals surface area contributed by atoms with E-state index in [0.717, 1.165) is 12.0 Å². The molecule has 1 aliphatic heterocycles. The summed E-state index contributed by atoms with van der Waals surface area (Å²) in [5, 5.41) is 0. The first-order valence-corrected chi connectivity index (χ1v) is 6.16. The third-order valence-electron chi connectivity index (χ3n) is 3.63. The monoisotopic (exact) mass is 181 g/mol. The van der Waals surface area contributed by atoms with Gasteiger partial charge in [0.1, 0.15) is 0 Å². The molecule has 76 valence electrons. The van der Waals surface area contributed by atoms with E-state index in [0.29, 0.717) is 0 Å². The van der Waals surface area contributed by atoms with Crippen molar-refractivity contribution < 1.29 is 0 Å². The summed E-state index contributed by atoms with van der Waals surface area (Å²) in [6.07, 6.45) is 10.2. The summed E-state index contributed by atoms with van der Waals surface area (Å²) in [5.41, 5.74) is 0. The molecule has 1 heterocycles. The molecule has 0 spiro atoms. The van der Waals surface area contributed by atoms with Crippen molar-refractivity contribution in [1.82, 2.24) is 4.90 Å². The second kappa shape index (κ2) is 4.45. The molecule has 1 nitrogen and oxygen atoms in total. The predicted octanol–water partition coefficient (Wildman–Crippen LogP) is 3.05. The van der Waals surface area contributed by atoms with E-state index in [1.54, 1.807) is 0 Å². The Morgan fingerprint density at radius 1 is 1.23 bits per heavy atom. The molecule has 0 N–H and O–H groups in total. The second-order valence-electron chi connectivity index (χ2n) is 4.79. The number of rotatable bonds is 5. The molecule has 0 aromatic carbocycles. The Bertz CT molecular complexity index is 145. The Kier molecular flexibility index (Phi) is 3.26. The number of hydrogen-bond acceptors (Lipinski definition) is 1. The second-order valence-corrected chi connectivity index (χ2v) is 4.79. The summed E-state index contributed by atoms with van der Waals surface area (Å²) in [4.78, 5) is 2.77.